The van der Waals surface area contributed by atoms with E-state index >= 15 is 0 Å². The smallest absolute Gasteiger partial charge is 0.231 e. The lowest BCUT2D eigenvalue weighted by Crippen LogP contribution is -2.43. The molecule has 1 aromatic rings. The molecule has 5 heteroatoms. The van der Waals surface area contributed by atoms with E-state index < -0.39 is 0 Å². The Hall–Kier alpha value is -1.75. The average Bonchev–Trinajstić information content (AvgIpc) is 3.16. The Kier molecular flexibility index (Phi) is 6.10. The first-order valence-electron chi connectivity index (χ1n) is 10.9. The third kappa shape index (κ3) is 4.62. The minimum atomic E-state index is 0.240. The molecule has 1 aromatic carbocycles. The summed E-state index contributed by atoms with van der Waals surface area (Å²) in [5.41, 5.74) is 1.34. The van der Waals surface area contributed by atoms with Gasteiger partial charge in [0.15, 0.2) is 11.5 Å². The quantitative estimate of drug-likeness (QED) is 0.776. The zero-order valence-electron chi connectivity index (χ0n) is 17.4. The van der Waals surface area contributed by atoms with E-state index in [0.29, 0.717) is 12.7 Å². The SMILES string of the molecule is CC(=O)N1CCC(C2CCN(CC(C)Cc3ccc4c(c3)OCO4)CC2)CC1. The molecule has 0 bridgehead atoms. The molecule has 3 aliphatic heterocycles. The lowest BCUT2D eigenvalue weighted by Gasteiger charge is -2.40. The van der Waals surface area contributed by atoms with Gasteiger partial charge in [-0.25, -0.2) is 0 Å². The molecule has 0 aromatic heterocycles. The molecule has 2 fully saturated rings. The predicted molar refractivity (Wildman–Crippen MR) is 110 cm³/mol. The fourth-order valence-corrected chi connectivity index (χ4v) is 5.27. The highest BCUT2D eigenvalue weighted by Crippen LogP contribution is 2.34. The second kappa shape index (κ2) is 8.73. The first-order chi connectivity index (χ1) is 13.6. The average molecular weight is 387 g/mol. The molecule has 0 radical (unpaired) electrons. The van der Waals surface area contributed by atoms with E-state index in [4.69, 9.17) is 9.47 Å². The molecule has 3 heterocycles. The van der Waals surface area contributed by atoms with Gasteiger partial charge in [-0.2, -0.15) is 0 Å². The van der Waals surface area contributed by atoms with Crippen molar-refractivity contribution in [2.45, 2.75) is 46.0 Å². The van der Waals surface area contributed by atoms with E-state index in [-0.39, 0.29) is 5.91 Å². The van der Waals surface area contributed by atoms with E-state index in [9.17, 15) is 4.79 Å². The van der Waals surface area contributed by atoms with Gasteiger partial charge in [-0.3, -0.25) is 4.79 Å². The maximum atomic E-state index is 11.5. The number of amides is 1. The summed E-state index contributed by atoms with van der Waals surface area (Å²) in [5, 5.41) is 0. The molecule has 3 aliphatic rings. The van der Waals surface area contributed by atoms with Crippen LogP contribution in [0.1, 0.15) is 45.1 Å². The molecule has 28 heavy (non-hydrogen) atoms. The molecular weight excluding hydrogens is 352 g/mol. The molecular formula is C23H34N2O3. The van der Waals surface area contributed by atoms with Crippen LogP contribution in [-0.4, -0.2) is 55.2 Å². The van der Waals surface area contributed by atoms with Gasteiger partial charge in [-0.1, -0.05) is 13.0 Å². The number of piperidine rings is 2. The number of rotatable bonds is 5. The lowest BCUT2D eigenvalue weighted by molar-refractivity contribution is -0.130. The summed E-state index contributed by atoms with van der Waals surface area (Å²) in [5.74, 6) is 4.31. The largest absolute Gasteiger partial charge is 0.454 e. The first kappa shape index (κ1) is 19.6. The Morgan fingerprint density at radius 3 is 2.36 bits per heavy atom. The van der Waals surface area contributed by atoms with Crippen LogP contribution in [0, 0.1) is 17.8 Å². The topological polar surface area (TPSA) is 42.0 Å². The first-order valence-corrected chi connectivity index (χ1v) is 10.9. The maximum absolute atomic E-state index is 11.5. The molecule has 1 unspecified atom stereocenters. The van der Waals surface area contributed by atoms with Crippen molar-refractivity contribution in [2.24, 2.45) is 17.8 Å². The third-order valence-corrected chi connectivity index (χ3v) is 6.87. The standard InChI is InChI=1S/C23H34N2O3/c1-17(13-19-3-4-22-23(14-19)28-16-27-22)15-24-9-5-20(6-10-24)21-7-11-25(12-8-21)18(2)26/h3-4,14,17,20-21H,5-13,15-16H2,1-2H3. The van der Waals surface area contributed by atoms with Gasteiger partial charge in [-0.05, 0) is 80.6 Å². The molecule has 0 saturated carbocycles. The second-order valence-electron chi connectivity index (χ2n) is 8.98. The molecule has 1 atom stereocenters. The maximum Gasteiger partial charge on any atom is 0.231 e. The summed E-state index contributed by atoms with van der Waals surface area (Å²) in [6.07, 6.45) is 6.12. The summed E-state index contributed by atoms with van der Waals surface area (Å²) in [6, 6.07) is 6.34. The van der Waals surface area contributed by atoms with E-state index in [1.165, 1.54) is 50.9 Å². The highest BCUT2D eigenvalue weighted by Gasteiger charge is 2.30. The minimum Gasteiger partial charge on any atom is -0.454 e. The monoisotopic (exact) mass is 386 g/mol. The lowest BCUT2D eigenvalue weighted by atomic mass is 9.78. The Morgan fingerprint density at radius 1 is 1.04 bits per heavy atom. The number of carbonyl (C=O) groups excluding carboxylic acids is 1. The van der Waals surface area contributed by atoms with Crippen molar-refractivity contribution in [3.8, 4) is 11.5 Å². The van der Waals surface area contributed by atoms with Crippen molar-refractivity contribution < 1.29 is 14.3 Å². The molecule has 0 aliphatic carbocycles. The van der Waals surface area contributed by atoms with Crippen molar-refractivity contribution in [3.05, 3.63) is 23.8 Å². The van der Waals surface area contributed by atoms with Crippen molar-refractivity contribution in [1.29, 1.82) is 0 Å². The summed E-state index contributed by atoms with van der Waals surface area (Å²) in [4.78, 5) is 16.2. The van der Waals surface area contributed by atoms with E-state index in [2.05, 4.69) is 24.0 Å². The van der Waals surface area contributed by atoms with E-state index in [0.717, 1.165) is 42.8 Å². The van der Waals surface area contributed by atoms with Crippen LogP contribution in [0.25, 0.3) is 0 Å². The van der Waals surface area contributed by atoms with Crippen LogP contribution in [0.4, 0.5) is 0 Å². The molecule has 0 N–H and O–H groups in total. The van der Waals surface area contributed by atoms with Crippen molar-refractivity contribution in [2.75, 3.05) is 39.5 Å². The number of benzene rings is 1. The van der Waals surface area contributed by atoms with Crippen LogP contribution in [0.3, 0.4) is 0 Å². The fourth-order valence-electron chi connectivity index (χ4n) is 5.27. The molecule has 0 spiro atoms. The zero-order valence-corrected chi connectivity index (χ0v) is 17.4. The highest BCUT2D eigenvalue weighted by atomic mass is 16.7. The number of likely N-dealkylation sites (tertiary alicyclic amines) is 2. The number of hydrogen-bond acceptors (Lipinski definition) is 4. The van der Waals surface area contributed by atoms with Crippen LogP contribution >= 0.6 is 0 Å². The van der Waals surface area contributed by atoms with Crippen LogP contribution < -0.4 is 9.47 Å². The predicted octanol–water partition coefficient (Wildman–Crippen LogP) is 3.56. The molecule has 154 valence electrons. The normalized spacial score (nSPS) is 22.4. The zero-order chi connectivity index (χ0) is 19.5. The minimum absolute atomic E-state index is 0.240. The third-order valence-electron chi connectivity index (χ3n) is 6.87. The Morgan fingerprint density at radius 2 is 1.68 bits per heavy atom. The summed E-state index contributed by atoms with van der Waals surface area (Å²) in [7, 11) is 0. The van der Waals surface area contributed by atoms with Gasteiger partial charge in [0.1, 0.15) is 0 Å². The van der Waals surface area contributed by atoms with Gasteiger partial charge in [0, 0.05) is 26.6 Å². The van der Waals surface area contributed by atoms with E-state index in [1.54, 1.807) is 6.92 Å². The van der Waals surface area contributed by atoms with Gasteiger partial charge in [-0.15, -0.1) is 0 Å². The van der Waals surface area contributed by atoms with Crippen molar-refractivity contribution in [3.63, 3.8) is 0 Å². The molecule has 2 saturated heterocycles. The number of nitrogens with zero attached hydrogens (tertiary/aromatic N) is 2. The molecule has 1 amide bonds. The Balaban J connectivity index is 1.20. The summed E-state index contributed by atoms with van der Waals surface area (Å²) >= 11 is 0. The van der Waals surface area contributed by atoms with Crippen LogP contribution in [0.2, 0.25) is 0 Å². The van der Waals surface area contributed by atoms with Gasteiger partial charge < -0.3 is 19.3 Å². The van der Waals surface area contributed by atoms with Crippen molar-refractivity contribution >= 4 is 5.91 Å². The van der Waals surface area contributed by atoms with E-state index in [1.807, 2.05) is 11.0 Å². The second-order valence-corrected chi connectivity index (χ2v) is 8.98. The van der Waals surface area contributed by atoms with Gasteiger partial charge >= 0.3 is 0 Å². The Labute approximate surface area is 169 Å². The molecule has 5 nitrogen and oxygen atoms in total. The van der Waals surface area contributed by atoms with Gasteiger partial charge in [0.05, 0.1) is 0 Å². The van der Waals surface area contributed by atoms with Gasteiger partial charge in [0.2, 0.25) is 12.7 Å². The highest BCUT2D eigenvalue weighted by molar-refractivity contribution is 5.73. The fraction of sp³-hybridized carbons (Fsp3) is 0.696. The number of hydrogen-bond donors (Lipinski definition) is 0. The van der Waals surface area contributed by atoms with Crippen LogP contribution in [0.5, 0.6) is 11.5 Å². The number of carbonyl (C=O) groups is 1. The summed E-state index contributed by atoms with van der Waals surface area (Å²) in [6.45, 7) is 9.95. The Bertz CT molecular complexity index is 676. The van der Waals surface area contributed by atoms with Crippen molar-refractivity contribution in [1.82, 2.24) is 9.80 Å². The molecule has 4 rings (SSSR count). The number of fused-ring (bicyclic) bond motifs is 1. The van der Waals surface area contributed by atoms with Gasteiger partial charge in [0.25, 0.3) is 0 Å². The number of ether oxygens (including phenoxy) is 2. The van der Waals surface area contributed by atoms with Crippen LogP contribution in [0.15, 0.2) is 18.2 Å². The summed E-state index contributed by atoms with van der Waals surface area (Å²) < 4.78 is 10.9. The van der Waals surface area contributed by atoms with Crippen LogP contribution in [-0.2, 0) is 11.2 Å².